The summed E-state index contributed by atoms with van der Waals surface area (Å²) in [7, 11) is 0. The monoisotopic (exact) mass is 198 g/mol. The molecule has 0 saturated heterocycles. The van der Waals surface area contributed by atoms with Crippen molar-refractivity contribution >= 4 is 17.3 Å². The molecule has 0 radical (unpaired) electrons. The zero-order valence-corrected chi connectivity index (χ0v) is 7.80. The molecule has 1 aromatic rings. The Morgan fingerprint density at radius 2 is 2.69 bits per heavy atom. The molecule has 0 aliphatic carbocycles. The van der Waals surface area contributed by atoms with E-state index in [-0.39, 0.29) is 12.5 Å². The lowest BCUT2D eigenvalue weighted by Gasteiger charge is -2.21. The van der Waals surface area contributed by atoms with E-state index < -0.39 is 5.97 Å². The fraction of sp³-hybridized carbons (Fsp3) is 0.500. The first-order valence-electron chi connectivity index (χ1n) is 4.15. The zero-order chi connectivity index (χ0) is 9.26. The van der Waals surface area contributed by atoms with Gasteiger partial charge in [0.25, 0.3) is 0 Å². The SMILES string of the molecule is O=C(O)CC1NCCc2ncsc21. The minimum absolute atomic E-state index is 0.0336. The summed E-state index contributed by atoms with van der Waals surface area (Å²) in [4.78, 5) is 15.8. The number of carboxylic acids is 1. The summed E-state index contributed by atoms with van der Waals surface area (Å²) in [5.41, 5.74) is 2.85. The number of carbonyl (C=O) groups is 1. The first-order valence-corrected chi connectivity index (χ1v) is 5.03. The molecule has 2 heterocycles. The number of hydrogen-bond acceptors (Lipinski definition) is 4. The van der Waals surface area contributed by atoms with Crippen LogP contribution in [0.2, 0.25) is 0 Å². The number of aliphatic carboxylic acids is 1. The van der Waals surface area contributed by atoms with Crippen molar-refractivity contribution in [1.82, 2.24) is 10.3 Å². The number of aromatic nitrogens is 1. The van der Waals surface area contributed by atoms with E-state index in [9.17, 15) is 4.79 Å². The maximum Gasteiger partial charge on any atom is 0.305 e. The van der Waals surface area contributed by atoms with E-state index in [1.54, 1.807) is 5.51 Å². The van der Waals surface area contributed by atoms with Gasteiger partial charge >= 0.3 is 5.97 Å². The van der Waals surface area contributed by atoms with Gasteiger partial charge in [0.05, 0.1) is 23.7 Å². The van der Waals surface area contributed by atoms with Crippen molar-refractivity contribution in [3.63, 3.8) is 0 Å². The van der Waals surface area contributed by atoms with Crippen molar-refractivity contribution in [3.05, 3.63) is 16.1 Å². The second-order valence-corrected chi connectivity index (χ2v) is 3.90. The van der Waals surface area contributed by atoms with Crippen LogP contribution in [0.15, 0.2) is 5.51 Å². The van der Waals surface area contributed by atoms with Crippen molar-refractivity contribution in [1.29, 1.82) is 0 Å². The van der Waals surface area contributed by atoms with Crippen molar-refractivity contribution in [2.24, 2.45) is 0 Å². The summed E-state index contributed by atoms with van der Waals surface area (Å²) in [5, 5.41) is 11.9. The topological polar surface area (TPSA) is 62.2 Å². The van der Waals surface area contributed by atoms with E-state index in [1.807, 2.05) is 0 Å². The number of carboxylic acid groups (broad SMARTS) is 1. The highest BCUT2D eigenvalue weighted by Crippen LogP contribution is 2.27. The molecule has 2 rings (SSSR count). The lowest BCUT2D eigenvalue weighted by Crippen LogP contribution is -2.30. The lowest BCUT2D eigenvalue weighted by molar-refractivity contribution is -0.137. The first kappa shape index (κ1) is 8.65. The van der Waals surface area contributed by atoms with Crippen LogP contribution in [-0.2, 0) is 11.2 Å². The van der Waals surface area contributed by atoms with Gasteiger partial charge in [0, 0.05) is 17.8 Å². The predicted molar refractivity (Wildman–Crippen MR) is 48.8 cm³/mol. The molecule has 1 unspecified atom stereocenters. The van der Waals surface area contributed by atoms with Crippen LogP contribution < -0.4 is 5.32 Å². The fourth-order valence-electron chi connectivity index (χ4n) is 1.55. The molecule has 2 N–H and O–H groups in total. The third-order valence-electron chi connectivity index (χ3n) is 2.12. The van der Waals surface area contributed by atoms with Gasteiger partial charge in [-0.1, -0.05) is 0 Å². The van der Waals surface area contributed by atoms with Crippen LogP contribution in [0.3, 0.4) is 0 Å². The molecule has 0 amide bonds. The van der Waals surface area contributed by atoms with Crippen LogP contribution in [0.4, 0.5) is 0 Å². The van der Waals surface area contributed by atoms with E-state index in [0.29, 0.717) is 0 Å². The van der Waals surface area contributed by atoms with Gasteiger partial charge in [0.2, 0.25) is 0 Å². The molecule has 13 heavy (non-hydrogen) atoms. The molecule has 5 heteroatoms. The smallest absolute Gasteiger partial charge is 0.305 e. The Morgan fingerprint density at radius 3 is 3.46 bits per heavy atom. The fourth-order valence-corrected chi connectivity index (χ4v) is 2.46. The highest BCUT2D eigenvalue weighted by atomic mass is 32.1. The number of nitrogens with one attached hydrogen (secondary N) is 1. The molecule has 1 aliphatic rings. The highest BCUT2D eigenvalue weighted by Gasteiger charge is 2.23. The maximum atomic E-state index is 10.5. The molecule has 1 aliphatic heterocycles. The molecular weight excluding hydrogens is 188 g/mol. The first-order chi connectivity index (χ1) is 6.27. The second-order valence-electron chi connectivity index (χ2n) is 3.02. The van der Waals surface area contributed by atoms with Crippen molar-refractivity contribution in [2.75, 3.05) is 6.54 Å². The number of rotatable bonds is 2. The largest absolute Gasteiger partial charge is 0.481 e. The van der Waals surface area contributed by atoms with Crippen molar-refractivity contribution in [3.8, 4) is 0 Å². The quantitative estimate of drug-likeness (QED) is 0.738. The molecule has 0 bridgehead atoms. The Hall–Kier alpha value is -0.940. The van der Waals surface area contributed by atoms with Gasteiger partial charge in [0.1, 0.15) is 0 Å². The van der Waals surface area contributed by atoms with Crippen LogP contribution in [0.1, 0.15) is 23.0 Å². The summed E-state index contributed by atoms with van der Waals surface area (Å²) < 4.78 is 0. The molecular formula is C8H10N2O2S. The summed E-state index contributed by atoms with van der Waals surface area (Å²) in [5.74, 6) is -0.765. The third kappa shape index (κ3) is 1.71. The normalized spacial score (nSPS) is 21.1. The van der Waals surface area contributed by atoms with Gasteiger partial charge in [-0.3, -0.25) is 4.79 Å². The molecule has 0 saturated carbocycles. The minimum Gasteiger partial charge on any atom is -0.481 e. The van der Waals surface area contributed by atoms with Gasteiger partial charge in [-0.2, -0.15) is 0 Å². The van der Waals surface area contributed by atoms with Crippen LogP contribution in [0, 0.1) is 0 Å². The second kappa shape index (κ2) is 3.43. The van der Waals surface area contributed by atoms with E-state index in [4.69, 9.17) is 5.11 Å². The number of thiazole rings is 1. The average Bonchev–Trinajstić information content (AvgIpc) is 2.51. The molecule has 0 spiro atoms. The molecule has 1 aromatic heterocycles. The Balaban J connectivity index is 2.20. The van der Waals surface area contributed by atoms with Gasteiger partial charge in [-0.15, -0.1) is 11.3 Å². The van der Waals surface area contributed by atoms with Crippen molar-refractivity contribution in [2.45, 2.75) is 18.9 Å². The Bertz CT molecular complexity index is 324. The Labute approximate surface area is 79.6 Å². The van der Waals surface area contributed by atoms with Gasteiger partial charge < -0.3 is 10.4 Å². The van der Waals surface area contributed by atoms with Gasteiger partial charge in [-0.05, 0) is 0 Å². The van der Waals surface area contributed by atoms with E-state index in [2.05, 4.69) is 10.3 Å². The molecule has 70 valence electrons. The molecule has 4 nitrogen and oxygen atoms in total. The Morgan fingerprint density at radius 1 is 1.85 bits per heavy atom. The van der Waals surface area contributed by atoms with Crippen LogP contribution in [0.25, 0.3) is 0 Å². The molecule has 0 aromatic carbocycles. The number of hydrogen-bond donors (Lipinski definition) is 2. The van der Waals surface area contributed by atoms with E-state index in [1.165, 1.54) is 11.3 Å². The number of fused-ring (bicyclic) bond motifs is 1. The summed E-state index contributed by atoms with van der Waals surface area (Å²) in [6.07, 6.45) is 1.06. The van der Waals surface area contributed by atoms with Gasteiger partial charge in [0.15, 0.2) is 0 Å². The van der Waals surface area contributed by atoms with E-state index >= 15 is 0 Å². The standard InChI is InChI=1S/C8H10N2O2S/c11-7(12)3-6-8-5(1-2-9-6)10-4-13-8/h4,6,9H,1-3H2,(H,11,12). The summed E-state index contributed by atoms with van der Waals surface area (Å²) in [6, 6.07) is -0.0336. The molecule has 1 atom stereocenters. The Kier molecular flexibility index (Phi) is 2.28. The molecule has 0 fully saturated rings. The highest BCUT2D eigenvalue weighted by molar-refractivity contribution is 7.09. The summed E-state index contributed by atoms with van der Waals surface area (Å²) in [6.45, 7) is 0.828. The van der Waals surface area contributed by atoms with Crippen LogP contribution in [-0.4, -0.2) is 22.6 Å². The zero-order valence-electron chi connectivity index (χ0n) is 6.99. The van der Waals surface area contributed by atoms with E-state index in [0.717, 1.165) is 23.5 Å². The van der Waals surface area contributed by atoms with Gasteiger partial charge in [-0.25, -0.2) is 4.98 Å². The van der Waals surface area contributed by atoms with Crippen LogP contribution >= 0.6 is 11.3 Å². The third-order valence-corrected chi connectivity index (χ3v) is 3.11. The maximum absolute atomic E-state index is 10.5. The average molecular weight is 198 g/mol. The predicted octanol–water partition coefficient (Wildman–Crippen LogP) is 0.805. The number of nitrogens with zero attached hydrogens (tertiary/aromatic N) is 1. The lowest BCUT2D eigenvalue weighted by atomic mass is 10.1. The van der Waals surface area contributed by atoms with Crippen LogP contribution in [0.5, 0.6) is 0 Å². The summed E-state index contributed by atoms with van der Waals surface area (Å²) >= 11 is 1.54. The minimum atomic E-state index is -0.765. The van der Waals surface area contributed by atoms with Crippen molar-refractivity contribution < 1.29 is 9.90 Å².